The maximum absolute atomic E-state index is 13.2. The van der Waals surface area contributed by atoms with Crippen LogP contribution in [0.4, 0.5) is 0 Å². The number of benzene rings is 2. The van der Waals surface area contributed by atoms with Gasteiger partial charge in [-0.05, 0) is 37.3 Å². The van der Waals surface area contributed by atoms with Crippen molar-refractivity contribution in [2.24, 2.45) is 5.10 Å². The van der Waals surface area contributed by atoms with E-state index in [9.17, 15) is 4.79 Å². The van der Waals surface area contributed by atoms with E-state index >= 15 is 0 Å². The van der Waals surface area contributed by atoms with Gasteiger partial charge in [0.05, 0.1) is 19.4 Å². The summed E-state index contributed by atoms with van der Waals surface area (Å²) in [4.78, 5) is 13.2. The van der Waals surface area contributed by atoms with Crippen molar-refractivity contribution in [3.63, 3.8) is 0 Å². The molecule has 0 N–H and O–H groups in total. The molecule has 1 atom stereocenters. The number of carbonyl (C=O) groups is 1. The lowest BCUT2D eigenvalue weighted by molar-refractivity contribution is 0.0709. The van der Waals surface area contributed by atoms with Gasteiger partial charge in [-0.3, -0.25) is 4.79 Å². The summed E-state index contributed by atoms with van der Waals surface area (Å²) < 4.78 is 11.0. The zero-order valence-electron chi connectivity index (χ0n) is 15.3. The van der Waals surface area contributed by atoms with E-state index in [1.165, 1.54) is 0 Å². The molecule has 5 nitrogen and oxygen atoms in total. The smallest absolute Gasteiger partial charge is 0.274 e. The lowest BCUT2D eigenvalue weighted by atomic mass is 9.99. The van der Waals surface area contributed by atoms with E-state index in [2.05, 4.69) is 5.10 Å². The Morgan fingerprint density at radius 1 is 1.15 bits per heavy atom. The fraction of sp³-hybridized carbons (Fsp3) is 0.182. The zero-order chi connectivity index (χ0) is 18.8. The van der Waals surface area contributed by atoms with Crippen molar-refractivity contribution in [2.75, 3.05) is 7.11 Å². The van der Waals surface area contributed by atoms with Crippen LogP contribution in [0.15, 0.2) is 76.4 Å². The van der Waals surface area contributed by atoms with Gasteiger partial charge in [0.2, 0.25) is 0 Å². The number of furan rings is 1. The van der Waals surface area contributed by atoms with Crippen LogP contribution in [0.3, 0.4) is 0 Å². The number of nitrogens with zero attached hydrogens (tertiary/aromatic N) is 2. The number of carbonyl (C=O) groups excluding carboxylic acids is 1. The molecule has 2 aromatic carbocycles. The third kappa shape index (κ3) is 3.24. The summed E-state index contributed by atoms with van der Waals surface area (Å²) in [7, 11) is 1.63. The Morgan fingerprint density at radius 2 is 2.00 bits per heavy atom. The highest BCUT2D eigenvalue weighted by Crippen LogP contribution is 2.38. The lowest BCUT2D eigenvalue weighted by Crippen LogP contribution is -2.27. The standard InChI is InChI=1S/C22H20N2O3/c1-15-7-5-8-16(13-15)22(25)24-19(17-9-3-4-10-20(17)26-2)14-18(23-24)21-11-6-12-27-21/h3-13,19H,14H2,1-2H3/t19-/m1/s1. The molecule has 0 bridgehead atoms. The molecule has 0 saturated heterocycles. The van der Waals surface area contributed by atoms with E-state index in [-0.39, 0.29) is 11.9 Å². The average Bonchev–Trinajstić information content (AvgIpc) is 3.37. The highest BCUT2D eigenvalue weighted by Gasteiger charge is 2.36. The van der Waals surface area contributed by atoms with E-state index in [1.807, 2.05) is 67.6 Å². The Labute approximate surface area is 157 Å². The number of para-hydroxylation sites is 1. The van der Waals surface area contributed by atoms with E-state index in [4.69, 9.17) is 9.15 Å². The Bertz CT molecular complexity index is 992. The molecule has 136 valence electrons. The quantitative estimate of drug-likeness (QED) is 0.684. The largest absolute Gasteiger partial charge is 0.496 e. The number of amides is 1. The number of hydrazone groups is 1. The number of hydrogen-bond donors (Lipinski definition) is 0. The first-order chi connectivity index (χ1) is 13.2. The second-order valence-corrected chi connectivity index (χ2v) is 6.51. The third-order valence-corrected chi connectivity index (χ3v) is 4.69. The van der Waals surface area contributed by atoms with Crippen molar-refractivity contribution in [1.29, 1.82) is 0 Å². The number of hydrogen-bond acceptors (Lipinski definition) is 4. The highest BCUT2D eigenvalue weighted by molar-refractivity contribution is 6.03. The molecule has 1 aliphatic heterocycles. The van der Waals surface area contributed by atoms with Gasteiger partial charge in [0.25, 0.3) is 5.91 Å². The third-order valence-electron chi connectivity index (χ3n) is 4.69. The molecular weight excluding hydrogens is 340 g/mol. The minimum Gasteiger partial charge on any atom is -0.496 e. The molecule has 0 saturated carbocycles. The first-order valence-electron chi connectivity index (χ1n) is 8.82. The van der Waals surface area contributed by atoms with Gasteiger partial charge in [-0.15, -0.1) is 0 Å². The summed E-state index contributed by atoms with van der Waals surface area (Å²) in [6, 6.07) is 18.7. The van der Waals surface area contributed by atoms with Gasteiger partial charge < -0.3 is 9.15 Å². The van der Waals surface area contributed by atoms with Crippen LogP contribution < -0.4 is 4.74 Å². The second-order valence-electron chi connectivity index (χ2n) is 6.51. The number of ether oxygens (including phenoxy) is 1. The van der Waals surface area contributed by atoms with Crippen LogP contribution in [-0.2, 0) is 0 Å². The highest BCUT2D eigenvalue weighted by atomic mass is 16.5. The first kappa shape index (κ1) is 17.1. The number of aryl methyl sites for hydroxylation is 1. The fourth-order valence-electron chi connectivity index (χ4n) is 3.38. The summed E-state index contributed by atoms with van der Waals surface area (Å²) >= 11 is 0. The maximum Gasteiger partial charge on any atom is 0.274 e. The Morgan fingerprint density at radius 3 is 2.74 bits per heavy atom. The molecule has 4 rings (SSSR count). The van der Waals surface area contributed by atoms with Gasteiger partial charge in [-0.25, -0.2) is 5.01 Å². The molecule has 1 aromatic heterocycles. The summed E-state index contributed by atoms with van der Waals surface area (Å²) in [5.74, 6) is 1.27. The molecule has 0 fully saturated rings. The van der Waals surface area contributed by atoms with E-state index in [0.29, 0.717) is 17.7 Å². The van der Waals surface area contributed by atoms with Crippen LogP contribution in [-0.4, -0.2) is 23.7 Å². The van der Waals surface area contributed by atoms with Crippen LogP contribution in [0.1, 0.15) is 39.7 Å². The van der Waals surface area contributed by atoms with Crippen LogP contribution in [0.25, 0.3) is 0 Å². The second kappa shape index (κ2) is 7.11. The predicted octanol–water partition coefficient (Wildman–Crippen LogP) is 4.59. The van der Waals surface area contributed by atoms with Crippen molar-refractivity contribution in [2.45, 2.75) is 19.4 Å². The molecule has 2 heterocycles. The molecule has 0 radical (unpaired) electrons. The molecule has 3 aromatic rings. The SMILES string of the molecule is COc1ccccc1[C@H]1CC(c2ccco2)=NN1C(=O)c1cccc(C)c1. The summed E-state index contributed by atoms with van der Waals surface area (Å²) in [6.07, 6.45) is 2.17. The Hall–Kier alpha value is -3.34. The predicted molar refractivity (Wildman–Crippen MR) is 103 cm³/mol. The topological polar surface area (TPSA) is 55.0 Å². The molecule has 1 aliphatic rings. The first-order valence-corrected chi connectivity index (χ1v) is 8.82. The molecule has 0 spiro atoms. The number of rotatable bonds is 4. The van der Waals surface area contributed by atoms with Gasteiger partial charge >= 0.3 is 0 Å². The molecule has 5 heteroatoms. The molecule has 0 aliphatic carbocycles. The van der Waals surface area contributed by atoms with Crippen molar-refractivity contribution < 1.29 is 13.9 Å². The van der Waals surface area contributed by atoms with Crippen LogP contribution in [0.2, 0.25) is 0 Å². The van der Waals surface area contributed by atoms with Gasteiger partial charge in [-0.1, -0.05) is 35.9 Å². The molecule has 1 amide bonds. The van der Waals surface area contributed by atoms with Crippen molar-refractivity contribution >= 4 is 11.6 Å². The minimum atomic E-state index is -0.255. The monoisotopic (exact) mass is 360 g/mol. The molecule has 27 heavy (non-hydrogen) atoms. The van der Waals surface area contributed by atoms with E-state index in [1.54, 1.807) is 18.4 Å². The fourth-order valence-corrected chi connectivity index (χ4v) is 3.38. The van der Waals surface area contributed by atoms with Gasteiger partial charge in [-0.2, -0.15) is 5.10 Å². The zero-order valence-corrected chi connectivity index (χ0v) is 15.3. The van der Waals surface area contributed by atoms with Crippen molar-refractivity contribution in [3.8, 4) is 5.75 Å². The minimum absolute atomic E-state index is 0.142. The van der Waals surface area contributed by atoms with Crippen LogP contribution in [0, 0.1) is 6.92 Å². The van der Waals surface area contributed by atoms with E-state index in [0.717, 1.165) is 22.6 Å². The van der Waals surface area contributed by atoms with Gasteiger partial charge in [0.15, 0.2) is 0 Å². The molecular formula is C22H20N2O3. The van der Waals surface area contributed by atoms with Gasteiger partial charge in [0, 0.05) is 17.5 Å². The van der Waals surface area contributed by atoms with Gasteiger partial charge in [0.1, 0.15) is 17.2 Å². The summed E-state index contributed by atoms with van der Waals surface area (Å²) in [5.41, 5.74) is 3.31. The Balaban J connectivity index is 1.76. The maximum atomic E-state index is 13.2. The van der Waals surface area contributed by atoms with Crippen molar-refractivity contribution in [1.82, 2.24) is 5.01 Å². The summed E-state index contributed by atoms with van der Waals surface area (Å²) in [6.45, 7) is 1.97. The Kier molecular flexibility index (Phi) is 4.50. The van der Waals surface area contributed by atoms with Crippen LogP contribution in [0.5, 0.6) is 5.75 Å². The average molecular weight is 360 g/mol. The normalized spacial score (nSPS) is 16.3. The number of methoxy groups -OCH3 is 1. The van der Waals surface area contributed by atoms with Crippen molar-refractivity contribution in [3.05, 3.63) is 89.4 Å². The van der Waals surface area contributed by atoms with Crippen LogP contribution >= 0.6 is 0 Å². The van der Waals surface area contributed by atoms with E-state index < -0.39 is 0 Å². The lowest BCUT2D eigenvalue weighted by Gasteiger charge is -2.23. The molecule has 0 unspecified atom stereocenters. The summed E-state index contributed by atoms with van der Waals surface area (Å²) in [5, 5.41) is 6.17.